The van der Waals surface area contributed by atoms with Gasteiger partial charge in [-0.15, -0.1) is 15.3 Å². The van der Waals surface area contributed by atoms with Crippen LogP contribution in [0.25, 0.3) is 11.0 Å². The molecule has 2 aromatic heterocycles. The summed E-state index contributed by atoms with van der Waals surface area (Å²) in [5.41, 5.74) is 1.64. The lowest BCUT2D eigenvalue weighted by Gasteiger charge is -2.22. The minimum absolute atomic E-state index is 0.440. The van der Waals surface area contributed by atoms with Gasteiger partial charge >= 0.3 is 6.09 Å². The molecule has 0 saturated carbocycles. The van der Waals surface area contributed by atoms with Crippen molar-refractivity contribution in [3.63, 3.8) is 0 Å². The highest BCUT2D eigenvalue weighted by atomic mass is 32.2. The van der Waals surface area contributed by atoms with Crippen LogP contribution in [0.1, 0.15) is 43.8 Å². The third-order valence-electron chi connectivity index (χ3n) is 4.69. The van der Waals surface area contributed by atoms with E-state index < -0.39 is 17.7 Å². The lowest BCUT2D eigenvalue weighted by molar-refractivity contribution is 0.0500. The van der Waals surface area contributed by atoms with Crippen LogP contribution in [-0.4, -0.2) is 37.3 Å². The molecule has 7 nitrogen and oxygen atoms in total. The van der Waals surface area contributed by atoms with Crippen LogP contribution in [0, 0.1) is 0 Å². The zero-order valence-electron chi connectivity index (χ0n) is 19.3. The molecule has 1 amide bonds. The van der Waals surface area contributed by atoms with Gasteiger partial charge in [0.25, 0.3) is 0 Å². The van der Waals surface area contributed by atoms with E-state index in [9.17, 15) is 4.79 Å². The molecule has 9 heteroatoms. The molecule has 0 aliphatic carbocycles. The van der Waals surface area contributed by atoms with Crippen molar-refractivity contribution in [3.05, 3.63) is 83.7 Å². The van der Waals surface area contributed by atoms with Crippen LogP contribution < -0.4 is 5.32 Å². The minimum atomic E-state index is -0.598. The first-order chi connectivity index (χ1) is 16.4. The van der Waals surface area contributed by atoms with Gasteiger partial charge in [-0.1, -0.05) is 95.9 Å². The van der Waals surface area contributed by atoms with Gasteiger partial charge in [-0.3, -0.25) is 0 Å². The van der Waals surface area contributed by atoms with Crippen LogP contribution >= 0.6 is 23.1 Å². The summed E-state index contributed by atoms with van der Waals surface area (Å²) in [4.78, 5) is 13.3. The van der Waals surface area contributed by atoms with Crippen LogP contribution in [-0.2, 0) is 11.2 Å². The van der Waals surface area contributed by atoms with E-state index in [2.05, 4.69) is 39.8 Å². The topological polar surface area (TPSA) is 81.4 Å². The Balaban J connectivity index is 1.51. The van der Waals surface area contributed by atoms with Gasteiger partial charge in [0.05, 0.1) is 6.04 Å². The number of alkyl carbamates (subject to hydrolysis) is 1. The largest absolute Gasteiger partial charge is 0.444 e. The van der Waals surface area contributed by atoms with Gasteiger partial charge in [-0.25, -0.2) is 4.79 Å². The maximum atomic E-state index is 12.6. The summed E-state index contributed by atoms with van der Waals surface area (Å²) in [6.45, 7) is 5.51. The van der Waals surface area contributed by atoms with Crippen molar-refractivity contribution in [2.24, 2.45) is 0 Å². The second-order valence-corrected chi connectivity index (χ2v) is 10.9. The molecule has 0 aliphatic heterocycles. The van der Waals surface area contributed by atoms with Gasteiger partial charge < -0.3 is 10.1 Å². The number of aromatic nitrogens is 4. The van der Waals surface area contributed by atoms with Crippen molar-refractivity contribution in [3.8, 4) is 0 Å². The minimum Gasteiger partial charge on any atom is -0.444 e. The van der Waals surface area contributed by atoms with Crippen LogP contribution in [0.5, 0.6) is 0 Å². The summed E-state index contributed by atoms with van der Waals surface area (Å²) in [5.74, 6) is 1.37. The maximum Gasteiger partial charge on any atom is 0.408 e. The molecule has 1 unspecified atom stereocenters. The van der Waals surface area contributed by atoms with E-state index in [0.717, 1.165) is 15.7 Å². The average Bonchev–Trinajstić information content (AvgIpc) is 3.37. The number of benzene rings is 2. The first kappa shape index (κ1) is 24.0. The van der Waals surface area contributed by atoms with E-state index in [4.69, 9.17) is 9.84 Å². The lowest BCUT2D eigenvalue weighted by Crippen LogP contribution is -2.36. The van der Waals surface area contributed by atoms with Crippen LogP contribution in [0.4, 0.5) is 4.79 Å². The Morgan fingerprint density at radius 3 is 2.53 bits per heavy atom. The zero-order chi connectivity index (χ0) is 24.0. The normalized spacial score (nSPS) is 12.8. The van der Waals surface area contributed by atoms with Gasteiger partial charge in [0, 0.05) is 12.2 Å². The number of ether oxygens (including phenoxy) is 1. The van der Waals surface area contributed by atoms with Crippen molar-refractivity contribution in [2.75, 3.05) is 5.75 Å². The second kappa shape index (κ2) is 10.8. The molecule has 0 fully saturated rings. The first-order valence-electron chi connectivity index (χ1n) is 11.0. The Bertz CT molecular complexity index is 1250. The molecule has 1 atom stereocenters. The molecule has 0 radical (unpaired) electrons. The molecule has 34 heavy (non-hydrogen) atoms. The van der Waals surface area contributed by atoms with Crippen molar-refractivity contribution in [2.45, 2.75) is 43.2 Å². The van der Waals surface area contributed by atoms with Gasteiger partial charge in [-0.05, 0) is 31.9 Å². The van der Waals surface area contributed by atoms with Gasteiger partial charge in [0.2, 0.25) is 4.96 Å². The molecule has 0 bridgehead atoms. The number of carbonyl (C=O) groups excluding carboxylic acids is 1. The van der Waals surface area contributed by atoms with E-state index in [1.807, 2.05) is 69.3 Å². The van der Waals surface area contributed by atoms with Gasteiger partial charge in [0.15, 0.2) is 10.2 Å². The average molecular weight is 494 g/mol. The molecule has 2 heterocycles. The molecule has 1 N–H and O–H groups in total. The fourth-order valence-corrected chi connectivity index (χ4v) is 4.98. The predicted octanol–water partition coefficient (Wildman–Crippen LogP) is 5.80. The monoisotopic (exact) mass is 493 g/mol. The highest BCUT2D eigenvalue weighted by Crippen LogP contribution is 2.27. The molecule has 0 spiro atoms. The molecule has 176 valence electrons. The van der Waals surface area contributed by atoms with E-state index in [-0.39, 0.29) is 0 Å². The molecule has 4 rings (SSSR count). The van der Waals surface area contributed by atoms with Gasteiger partial charge in [0.1, 0.15) is 5.60 Å². The Morgan fingerprint density at radius 2 is 1.82 bits per heavy atom. The molecule has 0 saturated heterocycles. The predicted molar refractivity (Wildman–Crippen MR) is 137 cm³/mol. The molecule has 4 aromatic rings. The van der Waals surface area contributed by atoms with Gasteiger partial charge in [-0.2, -0.15) is 4.52 Å². The Hall–Kier alpha value is -3.17. The highest BCUT2D eigenvalue weighted by molar-refractivity contribution is 8.01. The quantitative estimate of drug-likeness (QED) is 0.313. The fourth-order valence-electron chi connectivity index (χ4n) is 3.26. The van der Waals surface area contributed by atoms with Crippen molar-refractivity contribution >= 4 is 40.2 Å². The van der Waals surface area contributed by atoms with E-state index >= 15 is 0 Å². The molecule has 2 aromatic carbocycles. The van der Waals surface area contributed by atoms with Crippen molar-refractivity contribution in [1.82, 2.24) is 25.1 Å². The lowest BCUT2D eigenvalue weighted by atomic mass is 10.1. The Labute approximate surface area is 207 Å². The van der Waals surface area contributed by atoms with Crippen LogP contribution in [0.15, 0.2) is 71.1 Å². The standard InChI is InChI=1S/C25H27N5O2S2/c1-25(2,3)32-23(31)26-20(17-19-13-8-5-9-14-19)21-27-28-22-30(21)29-24(34-22)33-16-10-15-18-11-6-4-7-12-18/h4-15,20H,16-17H2,1-3H3,(H,26,31). The van der Waals surface area contributed by atoms with Crippen LogP contribution in [0.3, 0.4) is 0 Å². The summed E-state index contributed by atoms with van der Waals surface area (Å²) in [6, 6.07) is 19.7. The Morgan fingerprint density at radius 1 is 1.12 bits per heavy atom. The number of carbonyl (C=O) groups is 1. The Kier molecular flexibility index (Phi) is 7.64. The summed E-state index contributed by atoms with van der Waals surface area (Å²) in [6.07, 6.45) is 4.26. The smallest absolute Gasteiger partial charge is 0.408 e. The third kappa shape index (κ3) is 6.68. The third-order valence-corrected chi connectivity index (χ3v) is 6.68. The number of hydrogen-bond acceptors (Lipinski definition) is 7. The second-order valence-electron chi connectivity index (χ2n) is 8.63. The van der Waals surface area contributed by atoms with Crippen LogP contribution in [0.2, 0.25) is 0 Å². The van der Waals surface area contributed by atoms with Crippen molar-refractivity contribution in [1.29, 1.82) is 0 Å². The highest BCUT2D eigenvalue weighted by Gasteiger charge is 2.26. The summed E-state index contributed by atoms with van der Waals surface area (Å²) in [7, 11) is 0. The fraction of sp³-hybridized carbons (Fsp3) is 0.280. The molecular formula is C25H27N5O2S2. The number of hydrogen-bond donors (Lipinski definition) is 1. The summed E-state index contributed by atoms with van der Waals surface area (Å²) < 4.78 is 8.10. The number of thioether (sulfide) groups is 1. The number of amides is 1. The molecular weight excluding hydrogens is 466 g/mol. The summed E-state index contributed by atoms with van der Waals surface area (Å²) >= 11 is 3.12. The number of rotatable bonds is 8. The number of fused-ring (bicyclic) bond motifs is 1. The van der Waals surface area contributed by atoms with E-state index in [1.54, 1.807) is 16.3 Å². The molecule has 0 aliphatic rings. The maximum absolute atomic E-state index is 12.6. The first-order valence-corrected chi connectivity index (χ1v) is 12.8. The number of nitrogens with zero attached hydrogens (tertiary/aromatic N) is 4. The number of nitrogens with one attached hydrogen (secondary N) is 1. The zero-order valence-corrected chi connectivity index (χ0v) is 21.0. The van der Waals surface area contributed by atoms with E-state index in [0.29, 0.717) is 17.2 Å². The van der Waals surface area contributed by atoms with E-state index in [1.165, 1.54) is 16.9 Å². The SMILES string of the molecule is CC(C)(C)OC(=O)NC(Cc1ccccc1)c1nnc2sc(SCC=Cc3ccccc3)nn12. The summed E-state index contributed by atoms with van der Waals surface area (Å²) in [5, 5.41) is 16.3. The van der Waals surface area contributed by atoms with Crippen molar-refractivity contribution < 1.29 is 9.53 Å².